The van der Waals surface area contributed by atoms with Gasteiger partial charge in [0.05, 0.1) is 19.3 Å². The van der Waals surface area contributed by atoms with Gasteiger partial charge >= 0.3 is 0 Å². The monoisotopic (exact) mass is 261 g/mol. The highest BCUT2D eigenvalue weighted by Gasteiger charge is 2.12. The normalized spacial score (nSPS) is 12.9. The Bertz CT molecular complexity index is 205. The predicted molar refractivity (Wildman–Crippen MR) is 71.2 cm³/mol. The van der Waals surface area contributed by atoms with Crippen molar-refractivity contribution >= 4 is 5.91 Å². The largest absolute Gasteiger partial charge is 0.380 e. The fourth-order valence-electron chi connectivity index (χ4n) is 1.48. The van der Waals surface area contributed by atoms with Crippen LogP contribution in [0.4, 0.5) is 0 Å². The summed E-state index contributed by atoms with van der Waals surface area (Å²) in [7, 11) is 0. The van der Waals surface area contributed by atoms with Gasteiger partial charge < -0.3 is 20.9 Å². The van der Waals surface area contributed by atoms with E-state index in [-0.39, 0.29) is 0 Å². The first-order chi connectivity index (χ1) is 8.61. The zero-order valence-electron chi connectivity index (χ0n) is 11.6. The summed E-state index contributed by atoms with van der Waals surface area (Å²) in [6, 6.07) is -0.577. The molecule has 0 rings (SSSR count). The van der Waals surface area contributed by atoms with Crippen LogP contribution >= 0.6 is 0 Å². The van der Waals surface area contributed by atoms with Gasteiger partial charge in [-0.15, -0.1) is 0 Å². The summed E-state index contributed by atoms with van der Waals surface area (Å²) in [4.78, 5) is 13.0. The van der Waals surface area contributed by atoms with Crippen molar-refractivity contribution in [1.82, 2.24) is 4.90 Å². The van der Waals surface area contributed by atoms with Crippen LogP contribution in [0, 0.1) is 0 Å². The molecule has 0 aliphatic rings. The third-order valence-electron chi connectivity index (χ3n) is 2.63. The number of nitrogens with two attached hydrogens (primary N) is 2. The highest BCUT2D eigenvalue weighted by Crippen LogP contribution is 1.96. The first kappa shape index (κ1) is 17.3. The maximum absolute atomic E-state index is 10.9. The smallest absolute Gasteiger partial charge is 0.234 e. The molecule has 0 heterocycles. The Labute approximate surface area is 110 Å². The summed E-state index contributed by atoms with van der Waals surface area (Å²) < 4.78 is 10.6. The van der Waals surface area contributed by atoms with E-state index in [1.165, 1.54) is 0 Å². The lowest BCUT2D eigenvalue weighted by Gasteiger charge is -2.23. The number of nitrogens with zero attached hydrogens (tertiary/aromatic N) is 1. The van der Waals surface area contributed by atoms with E-state index in [0.717, 1.165) is 19.6 Å². The van der Waals surface area contributed by atoms with Crippen molar-refractivity contribution in [3.63, 3.8) is 0 Å². The van der Waals surface area contributed by atoms with Gasteiger partial charge in [-0.1, -0.05) is 0 Å². The zero-order chi connectivity index (χ0) is 13.8. The van der Waals surface area contributed by atoms with E-state index in [9.17, 15) is 4.79 Å². The first-order valence-corrected chi connectivity index (χ1v) is 6.54. The molecule has 0 fully saturated rings. The molecule has 0 aromatic heterocycles. The van der Waals surface area contributed by atoms with Crippen LogP contribution in [0.5, 0.6) is 0 Å². The molecule has 6 nitrogen and oxygen atoms in total. The van der Waals surface area contributed by atoms with Crippen LogP contribution in [0.15, 0.2) is 0 Å². The number of hydrogen-bond donors (Lipinski definition) is 2. The van der Waals surface area contributed by atoms with E-state index in [1.807, 2.05) is 13.8 Å². The van der Waals surface area contributed by atoms with Crippen LogP contribution in [-0.4, -0.2) is 62.9 Å². The summed E-state index contributed by atoms with van der Waals surface area (Å²) >= 11 is 0. The molecule has 0 saturated heterocycles. The minimum absolute atomic E-state index is 0.454. The summed E-state index contributed by atoms with van der Waals surface area (Å²) in [6.45, 7) is 9.05. The molecule has 0 bridgehead atoms. The highest BCUT2D eigenvalue weighted by atomic mass is 16.5. The van der Waals surface area contributed by atoms with Gasteiger partial charge in [-0.3, -0.25) is 9.69 Å². The molecular weight excluding hydrogens is 234 g/mol. The molecule has 0 aliphatic carbocycles. The number of primary amides is 1. The number of rotatable bonds is 12. The Hall–Kier alpha value is -0.690. The number of ether oxygens (including phenoxy) is 2. The summed E-state index contributed by atoms with van der Waals surface area (Å²) in [6.07, 6.45) is 0.563. The third kappa shape index (κ3) is 9.35. The molecule has 1 atom stereocenters. The number of amides is 1. The van der Waals surface area contributed by atoms with E-state index < -0.39 is 11.9 Å². The molecule has 108 valence electrons. The number of hydrogen-bond acceptors (Lipinski definition) is 5. The Balaban J connectivity index is 3.90. The van der Waals surface area contributed by atoms with Crippen molar-refractivity contribution in [2.24, 2.45) is 11.5 Å². The van der Waals surface area contributed by atoms with E-state index in [4.69, 9.17) is 20.9 Å². The quantitative estimate of drug-likeness (QED) is 0.465. The molecule has 18 heavy (non-hydrogen) atoms. The molecule has 0 aliphatic heterocycles. The molecule has 1 amide bonds. The van der Waals surface area contributed by atoms with Crippen LogP contribution in [0.25, 0.3) is 0 Å². The minimum Gasteiger partial charge on any atom is -0.380 e. The summed E-state index contributed by atoms with van der Waals surface area (Å²) in [5, 5.41) is 0. The lowest BCUT2D eigenvalue weighted by atomic mass is 10.2. The van der Waals surface area contributed by atoms with Crippen LogP contribution in [-0.2, 0) is 14.3 Å². The molecule has 4 N–H and O–H groups in total. The van der Waals surface area contributed by atoms with Crippen molar-refractivity contribution in [3.05, 3.63) is 0 Å². The van der Waals surface area contributed by atoms with Gasteiger partial charge in [0.25, 0.3) is 0 Å². The molecule has 6 heteroatoms. The third-order valence-corrected chi connectivity index (χ3v) is 2.63. The second-order valence-corrected chi connectivity index (χ2v) is 4.03. The molecule has 0 saturated carbocycles. The van der Waals surface area contributed by atoms with Crippen molar-refractivity contribution in [2.75, 3.05) is 46.1 Å². The van der Waals surface area contributed by atoms with Gasteiger partial charge in [0, 0.05) is 32.8 Å². The van der Waals surface area contributed by atoms with Gasteiger partial charge in [0.1, 0.15) is 0 Å². The second kappa shape index (κ2) is 11.4. The Morgan fingerprint density at radius 3 is 2.00 bits per heavy atom. The number of carbonyl (C=O) groups is 1. The van der Waals surface area contributed by atoms with Crippen LogP contribution in [0.2, 0.25) is 0 Å². The van der Waals surface area contributed by atoms with Crippen LogP contribution in [0.1, 0.15) is 20.3 Å². The lowest BCUT2D eigenvalue weighted by molar-refractivity contribution is -0.119. The van der Waals surface area contributed by atoms with Crippen LogP contribution in [0.3, 0.4) is 0 Å². The van der Waals surface area contributed by atoms with Gasteiger partial charge in [-0.05, 0) is 20.3 Å². The van der Waals surface area contributed by atoms with E-state index in [2.05, 4.69) is 4.90 Å². The van der Waals surface area contributed by atoms with Crippen molar-refractivity contribution in [1.29, 1.82) is 0 Å². The maximum Gasteiger partial charge on any atom is 0.234 e. The minimum atomic E-state index is -0.577. The standard InChI is InChI=1S/C12H27N3O3/c1-3-17-9-7-15(8-10-18-4-2)6-5-11(13)12(14)16/h11H,3-10,13H2,1-2H3,(H2,14,16). The molecule has 0 aromatic rings. The Morgan fingerprint density at radius 2 is 1.61 bits per heavy atom. The van der Waals surface area contributed by atoms with Crippen LogP contribution < -0.4 is 11.5 Å². The van der Waals surface area contributed by atoms with E-state index >= 15 is 0 Å². The molecular formula is C12H27N3O3. The lowest BCUT2D eigenvalue weighted by Crippen LogP contribution is -2.41. The Kier molecular flexibility index (Phi) is 11.0. The Morgan fingerprint density at radius 1 is 1.11 bits per heavy atom. The van der Waals surface area contributed by atoms with Gasteiger partial charge in [0.2, 0.25) is 5.91 Å². The molecule has 0 spiro atoms. The summed E-state index contributed by atoms with van der Waals surface area (Å²) in [5.41, 5.74) is 10.7. The van der Waals surface area contributed by atoms with E-state index in [0.29, 0.717) is 32.8 Å². The highest BCUT2D eigenvalue weighted by molar-refractivity contribution is 5.79. The SMILES string of the molecule is CCOCCN(CCOCC)CCC(N)C(N)=O. The zero-order valence-corrected chi connectivity index (χ0v) is 11.6. The van der Waals surface area contributed by atoms with Gasteiger partial charge in [-0.25, -0.2) is 0 Å². The maximum atomic E-state index is 10.9. The molecule has 0 aromatic carbocycles. The average Bonchev–Trinajstić information content (AvgIpc) is 2.35. The van der Waals surface area contributed by atoms with Crippen molar-refractivity contribution in [2.45, 2.75) is 26.3 Å². The number of carbonyl (C=O) groups excluding carboxylic acids is 1. The topological polar surface area (TPSA) is 90.8 Å². The molecule has 1 unspecified atom stereocenters. The van der Waals surface area contributed by atoms with E-state index in [1.54, 1.807) is 0 Å². The van der Waals surface area contributed by atoms with Gasteiger partial charge in [0.15, 0.2) is 0 Å². The van der Waals surface area contributed by atoms with Crippen molar-refractivity contribution in [3.8, 4) is 0 Å². The summed E-state index contributed by atoms with van der Waals surface area (Å²) in [5.74, 6) is -0.454. The van der Waals surface area contributed by atoms with Gasteiger partial charge in [-0.2, -0.15) is 0 Å². The fourth-order valence-corrected chi connectivity index (χ4v) is 1.48. The average molecular weight is 261 g/mol. The fraction of sp³-hybridized carbons (Fsp3) is 0.917. The molecule has 0 radical (unpaired) electrons. The predicted octanol–water partition coefficient (Wildman–Crippen LogP) is -0.436. The second-order valence-electron chi connectivity index (χ2n) is 4.03. The first-order valence-electron chi connectivity index (χ1n) is 6.54. The van der Waals surface area contributed by atoms with Crippen molar-refractivity contribution < 1.29 is 14.3 Å².